The highest BCUT2D eigenvalue weighted by Crippen LogP contribution is 2.38. The predicted octanol–water partition coefficient (Wildman–Crippen LogP) is 4.68. The van der Waals surface area contributed by atoms with Crippen molar-refractivity contribution in [2.45, 2.75) is 38.3 Å². The van der Waals surface area contributed by atoms with Gasteiger partial charge in [0.25, 0.3) is 5.91 Å². The number of benzene rings is 1. The number of alkyl halides is 3. The summed E-state index contributed by atoms with van der Waals surface area (Å²) in [4.78, 5) is 18.7. The second-order valence-corrected chi connectivity index (χ2v) is 6.56. The molecule has 138 valence electrons. The molecule has 0 aliphatic carbocycles. The molecule has 0 N–H and O–H groups in total. The fraction of sp³-hybridized carbons (Fsp3) is 0.400. The number of aromatic nitrogens is 1. The maximum atomic E-state index is 13.3. The Bertz CT molecular complexity index is 789. The Kier molecular flexibility index (Phi) is 5.30. The molecule has 2 heterocycles. The van der Waals surface area contributed by atoms with E-state index >= 15 is 0 Å². The number of carbonyl (C=O) groups is 1. The topological polar surface area (TPSA) is 33.2 Å². The Morgan fingerprint density at radius 2 is 2.04 bits per heavy atom. The molecule has 3 nitrogen and oxygen atoms in total. The van der Waals surface area contributed by atoms with Gasteiger partial charge in [-0.05, 0) is 43.0 Å². The number of rotatable bonds is 3. The Morgan fingerprint density at radius 1 is 1.27 bits per heavy atom. The number of carbonyl (C=O) groups excluding carboxylic acids is 1. The van der Waals surface area contributed by atoms with Gasteiger partial charge in [-0.15, -0.1) is 0 Å². The first-order chi connectivity index (χ1) is 12.4. The molecule has 2 aromatic rings. The molecule has 1 aliphatic rings. The van der Waals surface area contributed by atoms with Gasteiger partial charge in [0.15, 0.2) is 0 Å². The smallest absolute Gasteiger partial charge is 0.338 e. The first kappa shape index (κ1) is 18.4. The van der Waals surface area contributed by atoms with Crippen LogP contribution in [0, 0.1) is 0 Å². The highest BCUT2D eigenvalue weighted by atomic mass is 19.4. The number of piperidine rings is 1. The molecule has 1 aliphatic heterocycles. The van der Waals surface area contributed by atoms with E-state index < -0.39 is 11.7 Å². The number of halogens is 3. The van der Waals surface area contributed by atoms with Gasteiger partial charge in [0.2, 0.25) is 0 Å². The quantitative estimate of drug-likeness (QED) is 0.794. The number of pyridine rings is 1. The van der Waals surface area contributed by atoms with Gasteiger partial charge >= 0.3 is 6.18 Å². The van der Waals surface area contributed by atoms with Crippen LogP contribution >= 0.6 is 0 Å². The highest BCUT2D eigenvalue weighted by molar-refractivity contribution is 5.94. The first-order valence-electron chi connectivity index (χ1n) is 8.80. The Hall–Kier alpha value is -2.37. The van der Waals surface area contributed by atoms with Crippen LogP contribution in [0.1, 0.15) is 52.9 Å². The average Bonchev–Trinajstić information content (AvgIpc) is 2.67. The molecular weight excluding hydrogens is 341 g/mol. The van der Waals surface area contributed by atoms with Gasteiger partial charge in [0.05, 0.1) is 5.56 Å². The summed E-state index contributed by atoms with van der Waals surface area (Å²) < 4.78 is 40.0. The zero-order valence-electron chi connectivity index (χ0n) is 14.6. The summed E-state index contributed by atoms with van der Waals surface area (Å²) in [5, 5.41) is 0. The second kappa shape index (κ2) is 7.48. The number of hydrogen-bond acceptors (Lipinski definition) is 2. The van der Waals surface area contributed by atoms with Crippen molar-refractivity contribution in [2.75, 3.05) is 13.1 Å². The Balaban J connectivity index is 1.83. The second-order valence-electron chi connectivity index (χ2n) is 6.56. The van der Waals surface area contributed by atoms with Crippen molar-refractivity contribution >= 4 is 5.91 Å². The van der Waals surface area contributed by atoms with Gasteiger partial charge in [-0.1, -0.05) is 25.1 Å². The lowest BCUT2D eigenvalue weighted by atomic mass is 9.87. The summed E-state index contributed by atoms with van der Waals surface area (Å²) in [5.41, 5.74) is 1.05. The molecule has 1 aromatic carbocycles. The fourth-order valence-corrected chi connectivity index (χ4v) is 3.51. The largest absolute Gasteiger partial charge is 0.416 e. The van der Waals surface area contributed by atoms with E-state index in [9.17, 15) is 18.0 Å². The third-order valence-corrected chi connectivity index (χ3v) is 4.84. The molecule has 1 fully saturated rings. The van der Waals surface area contributed by atoms with Gasteiger partial charge in [0, 0.05) is 36.5 Å². The van der Waals surface area contributed by atoms with E-state index in [1.165, 1.54) is 12.1 Å². The van der Waals surface area contributed by atoms with Crippen LogP contribution in [0.2, 0.25) is 0 Å². The number of amides is 1. The number of hydrogen-bond donors (Lipinski definition) is 0. The lowest BCUT2D eigenvalue weighted by molar-refractivity contribution is -0.138. The van der Waals surface area contributed by atoms with Crippen molar-refractivity contribution in [1.29, 1.82) is 0 Å². The molecule has 0 bridgehead atoms. The molecule has 1 aromatic heterocycles. The molecule has 26 heavy (non-hydrogen) atoms. The van der Waals surface area contributed by atoms with Crippen molar-refractivity contribution < 1.29 is 18.0 Å². The van der Waals surface area contributed by atoms with E-state index in [-0.39, 0.29) is 17.4 Å². The average molecular weight is 362 g/mol. The summed E-state index contributed by atoms with van der Waals surface area (Å²) in [6.07, 6.45) is -0.721. The normalized spacial score (nSPS) is 18.0. The van der Waals surface area contributed by atoms with Crippen molar-refractivity contribution in [2.24, 2.45) is 0 Å². The standard InChI is InChI=1S/C20H21F3N2O/c1-2-16-12-14(9-10-24-16)19(26)25-11-5-6-15(13-25)17-7-3-4-8-18(17)20(21,22)23/h3-4,7-10,12,15H,2,5-6,11,13H2,1H3. The molecule has 0 spiro atoms. The summed E-state index contributed by atoms with van der Waals surface area (Å²) in [7, 11) is 0. The van der Waals surface area contributed by atoms with E-state index in [4.69, 9.17) is 0 Å². The Labute approximate surface area is 150 Å². The summed E-state index contributed by atoms with van der Waals surface area (Å²) in [5.74, 6) is -0.450. The summed E-state index contributed by atoms with van der Waals surface area (Å²) in [6.45, 7) is 2.82. The van der Waals surface area contributed by atoms with E-state index in [2.05, 4.69) is 4.98 Å². The van der Waals surface area contributed by atoms with Gasteiger partial charge < -0.3 is 4.90 Å². The first-order valence-corrected chi connectivity index (χ1v) is 8.80. The Morgan fingerprint density at radius 3 is 2.77 bits per heavy atom. The SMILES string of the molecule is CCc1cc(C(=O)N2CCCC(c3ccccc3C(F)(F)F)C2)ccn1. The fourth-order valence-electron chi connectivity index (χ4n) is 3.51. The minimum absolute atomic E-state index is 0.142. The molecule has 3 rings (SSSR count). The van der Waals surface area contributed by atoms with Crippen LogP contribution in [0.4, 0.5) is 13.2 Å². The maximum absolute atomic E-state index is 13.3. The van der Waals surface area contributed by atoms with Crippen molar-refractivity contribution in [3.8, 4) is 0 Å². The van der Waals surface area contributed by atoms with Gasteiger partial charge in [0.1, 0.15) is 0 Å². The van der Waals surface area contributed by atoms with Crippen LogP contribution < -0.4 is 0 Å². The summed E-state index contributed by atoms with van der Waals surface area (Å²) in [6, 6.07) is 9.10. The molecular formula is C20H21F3N2O. The summed E-state index contributed by atoms with van der Waals surface area (Å²) >= 11 is 0. The number of nitrogens with zero attached hydrogens (tertiary/aromatic N) is 2. The van der Waals surface area contributed by atoms with Crippen molar-refractivity contribution in [3.05, 3.63) is 65.0 Å². The highest BCUT2D eigenvalue weighted by Gasteiger charge is 2.36. The monoisotopic (exact) mass is 362 g/mol. The molecule has 1 atom stereocenters. The van der Waals surface area contributed by atoms with Crippen molar-refractivity contribution in [1.82, 2.24) is 9.88 Å². The molecule has 1 unspecified atom stereocenters. The lowest BCUT2D eigenvalue weighted by Gasteiger charge is -2.34. The van der Waals surface area contributed by atoms with E-state index in [1.54, 1.807) is 29.3 Å². The van der Waals surface area contributed by atoms with Gasteiger partial charge in [-0.3, -0.25) is 9.78 Å². The number of likely N-dealkylation sites (tertiary alicyclic amines) is 1. The van der Waals surface area contributed by atoms with E-state index in [1.807, 2.05) is 6.92 Å². The minimum atomic E-state index is -4.38. The zero-order chi connectivity index (χ0) is 18.7. The third kappa shape index (κ3) is 3.89. The van der Waals surface area contributed by atoms with Crippen LogP contribution in [0.3, 0.4) is 0 Å². The van der Waals surface area contributed by atoms with Crippen LogP contribution in [-0.2, 0) is 12.6 Å². The molecule has 1 amide bonds. The molecule has 1 saturated heterocycles. The minimum Gasteiger partial charge on any atom is -0.338 e. The lowest BCUT2D eigenvalue weighted by Crippen LogP contribution is -2.39. The molecule has 6 heteroatoms. The van der Waals surface area contributed by atoms with Crippen LogP contribution in [0.5, 0.6) is 0 Å². The molecule has 0 saturated carbocycles. The van der Waals surface area contributed by atoms with Crippen molar-refractivity contribution in [3.63, 3.8) is 0 Å². The van der Waals surface area contributed by atoms with E-state index in [0.29, 0.717) is 31.5 Å². The van der Waals surface area contributed by atoms with Crippen LogP contribution in [0.25, 0.3) is 0 Å². The van der Waals surface area contributed by atoms with Crippen LogP contribution in [0.15, 0.2) is 42.6 Å². The predicted molar refractivity (Wildman–Crippen MR) is 92.9 cm³/mol. The van der Waals surface area contributed by atoms with Gasteiger partial charge in [-0.25, -0.2) is 0 Å². The number of aryl methyl sites for hydroxylation is 1. The third-order valence-electron chi connectivity index (χ3n) is 4.84. The maximum Gasteiger partial charge on any atom is 0.416 e. The van der Waals surface area contributed by atoms with Gasteiger partial charge in [-0.2, -0.15) is 13.2 Å². The van der Waals surface area contributed by atoms with Crippen LogP contribution in [-0.4, -0.2) is 28.9 Å². The van der Waals surface area contributed by atoms with E-state index in [0.717, 1.165) is 18.2 Å². The molecule has 0 radical (unpaired) electrons. The zero-order valence-corrected chi connectivity index (χ0v) is 14.6.